The Kier molecular flexibility index (Phi) is 4.95. The molecular formula is C16H21F2N3O2. The van der Waals surface area contributed by atoms with Crippen molar-refractivity contribution in [1.29, 1.82) is 0 Å². The van der Waals surface area contributed by atoms with Gasteiger partial charge in [0.25, 0.3) is 0 Å². The Bertz CT molecular complexity index is 556. The van der Waals surface area contributed by atoms with E-state index in [1.165, 1.54) is 6.07 Å². The molecule has 1 atom stereocenters. The Balaban J connectivity index is 1.47. The van der Waals surface area contributed by atoms with E-state index in [9.17, 15) is 13.6 Å². The molecule has 0 aliphatic carbocycles. The van der Waals surface area contributed by atoms with Gasteiger partial charge < -0.3 is 19.9 Å². The molecule has 7 heteroatoms. The van der Waals surface area contributed by atoms with Gasteiger partial charge in [0.15, 0.2) is 11.6 Å². The van der Waals surface area contributed by atoms with Crippen LogP contribution in [0.3, 0.4) is 0 Å². The third-order valence-corrected chi connectivity index (χ3v) is 4.34. The average Bonchev–Trinajstić information content (AvgIpc) is 3.09. The summed E-state index contributed by atoms with van der Waals surface area (Å²) < 4.78 is 31.8. The molecule has 126 valence electrons. The lowest BCUT2D eigenvalue weighted by atomic mass is 10.2. The molecule has 1 N–H and O–H groups in total. The topological polar surface area (TPSA) is 44.8 Å². The van der Waals surface area contributed by atoms with Crippen molar-refractivity contribution in [1.82, 2.24) is 10.2 Å². The maximum atomic E-state index is 13.3. The van der Waals surface area contributed by atoms with E-state index in [0.717, 1.165) is 25.5 Å². The number of nitrogens with one attached hydrogen (secondary N) is 1. The van der Waals surface area contributed by atoms with E-state index < -0.39 is 11.6 Å². The lowest BCUT2D eigenvalue weighted by molar-refractivity contribution is 0.108. The van der Waals surface area contributed by atoms with Gasteiger partial charge in [-0.15, -0.1) is 0 Å². The number of carbonyl (C=O) groups excluding carboxylic acids is 1. The second-order valence-electron chi connectivity index (χ2n) is 5.89. The molecule has 0 aromatic heterocycles. The lowest BCUT2D eigenvalue weighted by Gasteiger charge is -2.36. The molecule has 2 fully saturated rings. The number of hydrogen-bond donors (Lipinski definition) is 1. The van der Waals surface area contributed by atoms with Gasteiger partial charge in [-0.1, -0.05) is 0 Å². The van der Waals surface area contributed by atoms with Gasteiger partial charge in [-0.3, -0.25) is 0 Å². The zero-order valence-electron chi connectivity index (χ0n) is 12.9. The van der Waals surface area contributed by atoms with Gasteiger partial charge in [0.05, 0.1) is 6.10 Å². The van der Waals surface area contributed by atoms with Crippen LogP contribution in [0.1, 0.15) is 12.8 Å². The molecule has 2 aliphatic rings. The zero-order valence-corrected chi connectivity index (χ0v) is 12.9. The Hall–Kier alpha value is -1.89. The fraction of sp³-hybridized carbons (Fsp3) is 0.562. The van der Waals surface area contributed by atoms with E-state index in [-0.39, 0.29) is 12.1 Å². The molecule has 0 radical (unpaired) electrons. The zero-order chi connectivity index (χ0) is 16.2. The lowest BCUT2D eigenvalue weighted by Crippen LogP contribution is -2.52. The van der Waals surface area contributed by atoms with Crippen LogP contribution in [0.2, 0.25) is 0 Å². The van der Waals surface area contributed by atoms with Crippen LogP contribution in [0.4, 0.5) is 19.3 Å². The minimum atomic E-state index is -0.848. The van der Waals surface area contributed by atoms with Crippen molar-refractivity contribution in [2.45, 2.75) is 18.9 Å². The van der Waals surface area contributed by atoms with Crippen LogP contribution in [0.5, 0.6) is 0 Å². The quantitative estimate of drug-likeness (QED) is 0.924. The number of urea groups is 1. The van der Waals surface area contributed by atoms with E-state index in [4.69, 9.17) is 4.74 Å². The molecule has 0 spiro atoms. The fourth-order valence-electron chi connectivity index (χ4n) is 2.97. The van der Waals surface area contributed by atoms with Crippen molar-refractivity contribution >= 4 is 11.7 Å². The second-order valence-corrected chi connectivity index (χ2v) is 5.89. The van der Waals surface area contributed by atoms with E-state index in [0.29, 0.717) is 38.4 Å². The maximum Gasteiger partial charge on any atom is 0.317 e. The molecule has 0 saturated carbocycles. The first kappa shape index (κ1) is 16.0. The van der Waals surface area contributed by atoms with E-state index in [2.05, 4.69) is 5.32 Å². The maximum absolute atomic E-state index is 13.3. The van der Waals surface area contributed by atoms with Crippen molar-refractivity contribution < 1.29 is 18.3 Å². The summed E-state index contributed by atoms with van der Waals surface area (Å²) in [6.07, 6.45) is 2.17. The molecule has 2 amide bonds. The third kappa shape index (κ3) is 3.90. The molecule has 2 aliphatic heterocycles. The second kappa shape index (κ2) is 7.12. The van der Waals surface area contributed by atoms with Gasteiger partial charge in [0.1, 0.15) is 0 Å². The van der Waals surface area contributed by atoms with Crippen molar-refractivity contribution in [3.63, 3.8) is 0 Å². The number of nitrogens with zero attached hydrogens (tertiary/aromatic N) is 2. The van der Waals surface area contributed by atoms with Gasteiger partial charge >= 0.3 is 6.03 Å². The molecular weight excluding hydrogens is 304 g/mol. The molecule has 3 rings (SSSR count). The molecule has 2 saturated heterocycles. The third-order valence-electron chi connectivity index (χ3n) is 4.34. The Labute approximate surface area is 134 Å². The number of hydrogen-bond acceptors (Lipinski definition) is 3. The summed E-state index contributed by atoms with van der Waals surface area (Å²) in [5.74, 6) is -1.69. The van der Waals surface area contributed by atoms with Crippen LogP contribution in [0.15, 0.2) is 18.2 Å². The molecule has 2 heterocycles. The van der Waals surface area contributed by atoms with Gasteiger partial charge in [-0.25, -0.2) is 13.6 Å². The average molecular weight is 325 g/mol. The van der Waals surface area contributed by atoms with Gasteiger partial charge in [0.2, 0.25) is 0 Å². The molecule has 1 aromatic rings. The normalized spacial score (nSPS) is 21.6. The molecule has 1 unspecified atom stereocenters. The number of amides is 2. The van der Waals surface area contributed by atoms with Crippen LogP contribution in [-0.4, -0.2) is 56.4 Å². The number of rotatable bonds is 3. The highest BCUT2D eigenvalue weighted by Gasteiger charge is 2.23. The molecule has 23 heavy (non-hydrogen) atoms. The summed E-state index contributed by atoms with van der Waals surface area (Å²) in [6, 6.07) is 3.80. The van der Waals surface area contributed by atoms with Gasteiger partial charge in [-0.2, -0.15) is 0 Å². The predicted octanol–water partition coefficient (Wildman–Crippen LogP) is 1.98. The first-order chi connectivity index (χ1) is 11.1. The number of halogens is 2. The van der Waals surface area contributed by atoms with Crippen LogP contribution in [0.25, 0.3) is 0 Å². The SMILES string of the molecule is O=C(NCC1CCCO1)N1CCN(c2ccc(F)c(F)c2)CC1. The summed E-state index contributed by atoms with van der Waals surface area (Å²) >= 11 is 0. The van der Waals surface area contributed by atoms with Crippen LogP contribution >= 0.6 is 0 Å². The summed E-state index contributed by atoms with van der Waals surface area (Å²) in [5.41, 5.74) is 0.642. The minimum absolute atomic E-state index is 0.0922. The summed E-state index contributed by atoms with van der Waals surface area (Å²) in [6.45, 7) is 3.61. The standard InChI is InChI=1S/C16H21F2N3O2/c17-14-4-3-12(10-15(14)18)20-5-7-21(8-6-20)16(22)19-11-13-2-1-9-23-13/h3-4,10,13H,1-2,5-9,11H2,(H,19,22). The Morgan fingerprint density at radius 3 is 2.65 bits per heavy atom. The number of benzene rings is 1. The van der Waals surface area contributed by atoms with Gasteiger partial charge in [0, 0.05) is 51.1 Å². The molecule has 1 aromatic carbocycles. The number of piperazine rings is 1. The summed E-state index contributed by atoms with van der Waals surface area (Å²) in [4.78, 5) is 15.8. The molecule has 0 bridgehead atoms. The smallest absolute Gasteiger partial charge is 0.317 e. The molecule has 5 nitrogen and oxygen atoms in total. The first-order valence-electron chi connectivity index (χ1n) is 7.98. The highest BCUT2D eigenvalue weighted by Crippen LogP contribution is 2.19. The van der Waals surface area contributed by atoms with E-state index in [1.807, 2.05) is 4.90 Å². The van der Waals surface area contributed by atoms with Crippen molar-refractivity contribution in [3.05, 3.63) is 29.8 Å². The fourth-order valence-corrected chi connectivity index (χ4v) is 2.97. The van der Waals surface area contributed by atoms with Gasteiger partial charge in [-0.05, 0) is 25.0 Å². The number of carbonyl (C=O) groups is 1. The number of anilines is 1. The highest BCUT2D eigenvalue weighted by atomic mass is 19.2. The highest BCUT2D eigenvalue weighted by molar-refractivity contribution is 5.74. The predicted molar refractivity (Wildman–Crippen MR) is 82.5 cm³/mol. The van der Waals surface area contributed by atoms with Crippen molar-refractivity contribution in [2.24, 2.45) is 0 Å². The monoisotopic (exact) mass is 325 g/mol. The van der Waals surface area contributed by atoms with E-state index >= 15 is 0 Å². The minimum Gasteiger partial charge on any atom is -0.376 e. The van der Waals surface area contributed by atoms with Crippen LogP contribution in [-0.2, 0) is 4.74 Å². The number of ether oxygens (including phenoxy) is 1. The largest absolute Gasteiger partial charge is 0.376 e. The van der Waals surface area contributed by atoms with Crippen molar-refractivity contribution in [3.8, 4) is 0 Å². The van der Waals surface area contributed by atoms with Crippen molar-refractivity contribution in [2.75, 3.05) is 44.2 Å². The first-order valence-corrected chi connectivity index (χ1v) is 7.98. The van der Waals surface area contributed by atoms with Crippen LogP contribution < -0.4 is 10.2 Å². The van der Waals surface area contributed by atoms with E-state index in [1.54, 1.807) is 11.0 Å². The van der Waals surface area contributed by atoms with Crippen LogP contribution in [0, 0.1) is 11.6 Å². The Morgan fingerprint density at radius 1 is 1.22 bits per heavy atom. The Morgan fingerprint density at radius 2 is 2.00 bits per heavy atom. The summed E-state index contributed by atoms with van der Waals surface area (Å²) in [5, 5.41) is 2.90. The summed E-state index contributed by atoms with van der Waals surface area (Å²) in [7, 11) is 0.